The van der Waals surface area contributed by atoms with Crippen molar-refractivity contribution in [2.45, 2.75) is 64.3 Å². The van der Waals surface area contributed by atoms with Crippen LogP contribution in [-0.4, -0.2) is 0 Å². The van der Waals surface area contributed by atoms with E-state index in [9.17, 15) is 4.39 Å². The van der Waals surface area contributed by atoms with Gasteiger partial charge in [-0.15, -0.1) is 0 Å². The Balaban J connectivity index is 2.32. The summed E-state index contributed by atoms with van der Waals surface area (Å²) in [6.45, 7) is 2.23. The number of hydrazine groups is 1. The fraction of sp³-hybridized carbons (Fsp3) is 0.625. The highest BCUT2D eigenvalue weighted by molar-refractivity contribution is 9.10. The van der Waals surface area contributed by atoms with Crippen molar-refractivity contribution in [1.29, 1.82) is 0 Å². The first-order valence-electron chi connectivity index (χ1n) is 7.59. The zero-order valence-corrected chi connectivity index (χ0v) is 13.9. The summed E-state index contributed by atoms with van der Waals surface area (Å²) in [5, 5.41) is 0. The first-order valence-corrected chi connectivity index (χ1v) is 8.38. The van der Waals surface area contributed by atoms with Crippen LogP contribution in [0.3, 0.4) is 0 Å². The first-order chi connectivity index (χ1) is 9.67. The molecule has 2 nitrogen and oxygen atoms in total. The molecule has 0 aliphatic rings. The van der Waals surface area contributed by atoms with E-state index in [-0.39, 0.29) is 11.9 Å². The second kappa shape index (κ2) is 10.3. The van der Waals surface area contributed by atoms with E-state index in [1.165, 1.54) is 44.6 Å². The zero-order valence-electron chi connectivity index (χ0n) is 12.3. The SMILES string of the molecule is CCCCCCCCCC(NN)c1cc(F)cc(Br)c1. The third-order valence-electron chi connectivity index (χ3n) is 3.58. The molecule has 0 amide bonds. The van der Waals surface area contributed by atoms with E-state index in [4.69, 9.17) is 5.84 Å². The molecule has 0 radical (unpaired) electrons. The van der Waals surface area contributed by atoms with E-state index < -0.39 is 0 Å². The summed E-state index contributed by atoms with van der Waals surface area (Å²) in [5.41, 5.74) is 3.70. The molecule has 0 saturated carbocycles. The van der Waals surface area contributed by atoms with E-state index in [0.29, 0.717) is 0 Å². The molecule has 3 N–H and O–H groups in total. The Morgan fingerprint density at radius 3 is 2.35 bits per heavy atom. The molecule has 0 aliphatic carbocycles. The lowest BCUT2D eigenvalue weighted by molar-refractivity contribution is 0.473. The Morgan fingerprint density at radius 1 is 1.10 bits per heavy atom. The Kier molecular flexibility index (Phi) is 9.07. The van der Waals surface area contributed by atoms with Crippen molar-refractivity contribution >= 4 is 15.9 Å². The molecule has 0 aliphatic heterocycles. The van der Waals surface area contributed by atoms with Gasteiger partial charge >= 0.3 is 0 Å². The van der Waals surface area contributed by atoms with Crippen LogP contribution in [-0.2, 0) is 0 Å². The molecular weight excluding hydrogens is 319 g/mol. The smallest absolute Gasteiger partial charge is 0.124 e. The summed E-state index contributed by atoms with van der Waals surface area (Å²) in [6.07, 6.45) is 9.85. The summed E-state index contributed by atoms with van der Waals surface area (Å²) < 4.78 is 14.1. The average Bonchev–Trinajstić information content (AvgIpc) is 2.41. The number of hydrogen-bond acceptors (Lipinski definition) is 2. The van der Waals surface area contributed by atoms with Crippen molar-refractivity contribution in [2.75, 3.05) is 0 Å². The maximum absolute atomic E-state index is 13.4. The third kappa shape index (κ3) is 6.82. The predicted molar refractivity (Wildman–Crippen MR) is 86.8 cm³/mol. The van der Waals surface area contributed by atoms with Gasteiger partial charge in [-0.1, -0.05) is 67.8 Å². The predicted octanol–water partition coefficient (Wildman–Crippen LogP) is 5.23. The summed E-state index contributed by atoms with van der Waals surface area (Å²) in [7, 11) is 0. The van der Waals surface area contributed by atoms with Crippen LogP contribution >= 0.6 is 15.9 Å². The topological polar surface area (TPSA) is 38.0 Å². The standard InChI is InChI=1S/C16H26BrFN2/c1-2-3-4-5-6-7-8-9-16(20-19)13-10-14(17)12-15(18)11-13/h10-12,16,20H,2-9,19H2,1H3. The van der Waals surface area contributed by atoms with Crippen LogP contribution in [0.4, 0.5) is 4.39 Å². The molecule has 1 rings (SSSR count). The fourth-order valence-corrected chi connectivity index (χ4v) is 2.91. The molecule has 4 heteroatoms. The number of halogens is 2. The third-order valence-corrected chi connectivity index (χ3v) is 4.04. The second-order valence-corrected chi connectivity index (χ2v) is 6.25. The molecule has 0 heterocycles. The minimum absolute atomic E-state index is 0.0256. The lowest BCUT2D eigenvalue weighted by atomic mass is 10.00. The minimum atomic E-state index is -0.228. The molecule has 1 unspecified atom stereocenters. The van der Waals surface area contributed by atoms with E-state index in [1.54, 1.807) is 6.07 Å². The molecule has 0 aromatic heterocycles. The summed E-state index contributed by atoms with van der Waals surface area (Å²) in [4.78, 5) is 0. The zero-order chi connectivity index (χ0) is 14.8. The number of nitrogens with two attached hydrogens (primary N) is 1. The minimum Gasteiger partial charge on any atom is -0.271 e. The van der Waals surface area contributed by atoms with Gasteiger partial charge in [0, 0.05) is 10.5 Å². The second-order valence-electron chi connectivity index (χ2n) is 5.33. The van der Waals surface area contributed by atoms with Crippen molar-refractivity contribution in [3.63, 3.8) is 0 Å². The van der Waals surface area contributed by atoms with Crippen molar-refractivity contribution in [3.05, 3.63) is 34.1 Å². The van der Waals surface area contributed by atoms with E-state index in [1.807, 2.05) is 6.07 Å². The van der Waals surface area contributed by atoms with Crippen molar-refractivity contribution < 1.29 is 4.39 Å². The van der Waals surface area contributed by atoms with Crippen LogP contribution in [0.25, 0.3) is 0 Å². The molecule has 0 bridgehead atoms. The van der Waals surface area contributed by atoms with Gasteiger partial charge in [0.1, 0.15) is 5.82 Å². The van der Waals surface area contributed by atoms with Gasteiger partial charge in [0.25, 0.3) is 0 Å². The van der Waals surface area contributed by atoms with Crippen molar-refractivity contribution in [3.8, 4) is 0 Å². The first kappa shape index (κ1) is 17.6. The van der Waals surface area contributed by atoms with Crippen LogP contribution in [0.15, 0.2) is 22.7 Å². The van der Waals surface area contributed by atoms with Crippen molar-refractivity contribution in [2.24, 2.45) is 5.84 Å². The number of rotatable bonds is 10. The van der Waals surface area contributed by atoms with Crippen LogP contribution in [0.1, 0.15) is 69.9 Å². The van der Waals surface area contributed by atoms with Gasteiger partial charge in [0.05, 0.1) is 0 Å². The fourth-order valence-electron chi connectivity index (χ4n) is 2.43. The number of hydrogen-bond donors (Lipinski definition) is 2. The highest BCUT2D eigenvalue weighted by Crippen LogP contribution is 2.24. The van der Waals surface area contributed by atoms with Gasteiger partial charge in [0.15, 0.2) is 0 Å². The van der Waals surface area contributed by atoms with Gasteiger partial charge in [-0.2, -0.15) is 0 Å². The number of nitrogens with one attached hydrogen (secondary N) is 1. The highest BCUT2D eigenvalue weighted by atomic mass is 79.9. The summed E-state index contributed by atoms with van der Waals surface area (Å²) >= 11 is 3.32. The number of unbranched alkanes of at least 4 members (excludes halogenated alkanes) is 6. The molecule has 20 heavy (non-hydrogen) atoms. The van der Waals surface area contributed by atoms with Gasteiger partial charge < -0.3 is 0 Å². The molecule has 0 fully saturated rings. The van der Waals surface area contributed by atoms with E-state index in [2.05, 4.69) is 28.3 Å². The molecule has 1 atom stereocenters. The van der Waals surface area contributed by atoms with Crippen LogP contribution in [0.5, 0.6) is 0 Å². The maximum atomic E-state index is 13.4. The van der Waals surface area contributed by atoms with Crippen LogP contribution < -0.4 is 11.3 Å². The molecular formula is C16H26BrFN2. The normalized spacial score (nSPS) is 12.6. The van der Waals surface area contributed by atoms with E-state index >= 15 is 0 Å². The van der Waals surface area contributed by atoms with Crippen molar-refractivity contribution in [1.82, 2.24) is 5.43 Å². The van der Waals surface area contributed by atoms with Gasteiger partial charge in [-0.05, 0) is 30.2 Å². The molecule has 0 spiro atoms. The summed E-state index contributed by atoms with van der Waals surface area (Å²) in [6, 6.07) is 4.97. The van der Waals surface area contributed by atoms with Gasteiger partial charge in [-0.25, -0.2) is 4.39 Å². The van der Waals surface area contributed by atoms with Crippen LogP contribution in [0, 0.1) is 5.82 Å². The van der Waals surface area contributed by atoms with Crippen LogP contribution in [0.2, 0.25) is 0 Å². The maximum Gasteiger partial charge on any atom is 0.124 e. The number of benzene rings is 1. The Morgan fingerprint density at radius 2 is 1.75 bits per heavy atom. The monoisotopic (exact) mass is 344 g/mol. The Labute approximate surface area is 130 Å². The lowest BCUT2D eigenvalue weighted by Gasteiger charge is -2.16. The van der Waals surface area contributed by atoms with E-state index in [0.717, 1.165) is 22.9 Å². The quantitative estimate of drug-likeness (QED) is 0.346. The lowest BCUT2D eigenvalue weighted by Crippen LogP contribution is -2.28. The van der Waals surface area contributed by atoms with Gasteiger partial charge in [0.2, 0.25) is 0 Å². The Hall–Kier alpha value is -0.450. The molecule has 114 valence electrons. The molecule has 1 aromatic rings. The summed E-state index contributed by atoms with van der Waals surface area (Å²) in [5.74, 6) is 5.37. The molecule has 1 aromatic carbocycles. The average molecular weight is 345 g/mol. The molecule has 0 saturated heterocycles. The Bertz CT molecular complexity index is 364. The largest absolute Gasteiger partial charge is 0.271 e. The van der Waals surface area contributed by atoms with Gasteiger partial charge in [-0.3, -0.25) is 11.3 Å². The highest BCUT2D eigenvalue weighted by Gasteiger charge is 2.11.